The van der Waals surface area contributed by atoms with Crippen LogP contribution in [0.5, 0.6) is 0 Å². The van der Waals surface area contributed by atoms with E-state index in [2.05, 4.69) is 139 Å². The molecule has 0 amide bonds. The van der Waals surface area contributed by atoms with Crippen LogP contribution in [0.4, 0.5) is 0 Å². The van der Waals surface area contributed by atoms with Crippen molar-refractivity contribution in [3.63, 3.8) is 0 Å². The molecular weight excluding hydrogens is 826 g/mol. The van der Waals surface area contributed by atoms with Crippen molar-refractivity contribution >= 4 is 12.2 Å². The van der Waals surface area contributed by atoms with Crippen LogP contribution in [0.3, 0.4) is 0 Å². The molecule has 4 atom stereocenters. The van der Waals surface area contributed by atoms with E-state index >= 15 is 0 Å². The van der Waals surface area contributed by atoms with Crippen LogP contribution in [0, 0.1) is 11.8 Å². The van der Waals surface area contributed by atoms with E-state index < -0.39 is 20.0 Å². The fourth-order valence-electron chi connectivity index (χ4n) is 11.0. The van der Waals surface area contributed by atoms with Gasteiger partial charge in [-0.05, 0) is 0 Å². The maximum atomic E-state index is 2.72. The maximum Gasteiger partial charge on any atom is -1.00 e. The molecular formula is C48H56Cl2Hf. The summed E-state index contributed by atoms with van der Waals surface area (Å²) in [6.07, 6.45) is 16.0. The standard InChI is InChI=1S/2C21H23.C6H10.2ClH.Hf/c2*1-4-6-16-9-11-17(12-10-16)20-8-5-7-18-13-19(15(2)3)14-21(18)20;1-2-4-6-5-3-1;;;/h2*5,7-15H,4,6H2,1-3H3;1-2H,3-6H2;2*1H;/q;;;;;+2/p-2. The summed E-state index contributed by atoms with van der Waals surface area (Å²) in [6, 6.07) is 33.9. The van der Waals surface area contributed by atoms with Gasteiger partial charge in [0.05, 0.1) is 0 Å². The van der Waals surface area contributed by atoms with Crippen molar-refractivity contribution in [1.29, 1.82) is 0 Å². The van der Waals surface area contributed by atoms with E-state index in [0.29, 0.717) is 19.2 Å². The Balaban J connectivity index is 0.00000224. The molecule has 4 aliphatic rings. The third-order valence-corrected chi connectivity index (χ3v) is 37.7. The third kappa shape index (κ3) is 6.44. The van der Waals surface area contributed by atoms with Gasteiger partial charge in [-0.1, -0.05) is 0 Å². The molecule has 1 saturated carbocycles. The van der Waals surface area contributed by atoms with Crippen molar-refractivity contribution in [2.24, 2.45) is 11.8 Å². The average Bonchev–Trinajstić information content (AvgIpc) is 3.38. The van der Waals surface area contributed by atoms with Gasteiger partial charge in [-0.15, -0.1) is 0 Å². The zero-order valence-corrected chi connectivity index (χ0v) is 36.7. The summed E-state index contributed by atoms with van der Waals surface area (Å²) < 4.78 is 3.38. The number of rotatable bonds is 10. The van der Waals surface area contributed by atoms with Crippen molar-refractivity contribution in [2.75, 3.05) is 0 Å². The monoisotopic (exact) mass is 882 g/mol. The molecule has 266 valence electrons. The van der Waals surface area contributed by atoms with E-state index in [9.17, 15) is 0 Å². The molecule has 8 rings (SSSR count). The van der Waals surface area contributed by atoms with E-state index in [-0.39, 0.29) is 24.8 Å². The largest absolute Gasteiger partial charge is 1.00 e. The van der Waals surface area contributed by atoms with E-state index in [1.54, 1.807) is 33.4 Å². The predicted molar refractivity (Wildman–Crippen MR) is 209 cm³/mol. The minimum absolute atomic E-state index is 0. The number of aryl methyl sites for hydroxylation is 2. The smallest absolute Gasteiger partial charge is 1.00 e. The molecule has 4 unspecified atom stereocenters. The molecule has 1 aliphatic heterocycles. The first-order valence-electron chi connectivity index (χ1n) is 19.8. The van der Waals surface area contributed by atoms with E-state index in [1.165, 1.54) is 71.9 Å². The normalized spacial score (nSPS) is 23.0. The second kappa shape index (κ2) is 15.7. The summed E-state index contributed by atoms with van der Waals surface area (Å²) in [5, 5.41) is 0. The molecule has 0 N–H and O–H groups in total. The molecule has 4 aromatic rings. The summed E-state index contributed by atoms with van der Waals surface area (Å²) >= 11 is -3.28. The Hall–Kier alpha value is -2.19. The Bertz CT molecular complexity index is 1770. The topological polar surface area (TPSA) is 0 Å². The molecule has 0 radical (unpaired) electrons. The van der Waals surface area contributed by atoms with Gasteiger partial charge in [0.2, 0.25) is 0 Å². The summed E-state index contributed by atoms with van der Waals surface area (Å²) in [5.74, 6) is 1.13. The van der Waals surface area contributed by atoms with Gasteiger partial charge in [-0.2, -0.15) is 0 Å². The quantitative estimate of drug-likeness (QED) is 0.141. The van der Waals surface area contributed by atoms with Crippen LogP contribution >= 0.6 is 0 Å². The molecule has 0 bridgehead atoms. The van der Waals surface area contributed by atoms with Crippen LogP contribution in [0.15, 0.2) is 96.1 Å². The molecule has 2 fully saturated rings. The molecule has 1 heterocycles. The second-order valence-corrected chi connectivity index (χ2v) is 33.1. The number of hydrogen-bond donors (Lipinski definition) is 0. The van der Waals surface area contributed by atoms with Gasteiger partial charge in [0.1, 0.15) is 0 Å². The summed E-state index contributed by atoms with van der Waals surface area (Å²) in [5.41, 5.74) is 18.7. The molecule has 0 aromatic heterocycles. The first-order chi connectivity index (χ1) is 23.9. The van der Waals surface area contributed by atoms with Gasteiger partial charge in [-0.3, -0.25) is 0 Å². The third-order valence-electron chi connectivity index (χ3n) is 13.1. The Labute approximate surface area is 325 Å². The molecule has 0 spiro atoms. The first kappa shape index (κ1) is 38.5. The SMILES string of the molecule is CCCc1ccc(-c2cccc3c2C=C(C(C)C)[CH]3[Hf+2]2([CH]3C(C(C)C)=Cc4c(-c5ccc(CCC)cc5)cccc43)[CH]3CCCC[CH]32)cc1.[Cl-].[Cl-]. The Morgan fingerprint density at radius 1 is 0.549 bits per heavy atom. The number of fused-ring (bicyclic) bond motifs is 3. The summed E-state index contributed by atoms with van der Waals surface area (Å²) in [7, 11) is 0. The predicted octanol–water partition coefficient (Wildman–Crippen LogP) is 8.14. The minimum atomic E-state index is -3.28. The zero-order valence-electron chi connectivity index (χ0n) is 31.6. The van der Waals surface area contributed by atoms with Crippen molar-refractivity contribution in [2.45, 2.75) is 108 Å². The molecule has 0 nitrogen and oxygen atoms in total. The van der Waals surface area contributed by atoms with Crippen molar-refractivity contribution in [1.82, 2.24) is 0 Å². The van der Waals surface area contributed by atoms with E-state index in [0.717, 1.165) is 20.2 Å². The van der Waals surface area contributed by atoms with Gasteiger partial charge >= 0.3 is 303 Å². The number of hydrogen-bond acceptors (Lipinski definition) is 0. The van der Waals surface area contributed by atoms with Gasteiger partial charge in [0.25, 0.3) is 0 Å². The Morgan fingerprint density at radius 3 is 1.29 bits per heavy atom. The Kier molecular flexibility index (Phi) is 11.8. The minimum Gasteiger partial charge on any atom is -1.00 e. The molecule has 3 aliphatic carbocycles. The number of allylic oxidation sites excluding steroid dienone is 2. The van der Waals surface area contributed by atoms with Crippen LogP contribution in [0.25, 0.3) is 34.4 Å². The van der Waals surface area contributed by atoms with Crippen LogP contribution < -0.4 is 24.8 Å². The van der Waals surface area contributed by atoms with Gasteiger partial charge in [0.15, 0.2) is 0 Å². The summed E-state index contributed by atoms with van der Waals surface area (Å²) in [4.78, 5) is 0. The van der Waals surface area contributed by atoms with E-state index in [4.69, 9.17) is 0 Å². The van der Waals surface area contributed by atoms with Crippen LogP contribution in [-0.4, -0.2) is 0 Å². The van der Waals surface area contributed by atoms with Crippen molar-refractivity contribution in [3.8, 4) is 22.3 Å². The van der Waals surface area contributed by atoms with Gasteiger partial charge < -0.3 is 24.8 Å². The van der Waals surface area contributed by atoms with Crippen molar-refractivity contribution < 1.29 is 44.8 Å². The fraction of sp³-hybridized carbons (Fsp3) is 0.417. The van der Waals surface area contributed by atoms with Crippen LogP contribution in [0.1, 0.15) is 121 Å². The first-order valence-corrected chi connectivity index (χ1v) is 28.0. The molecule has 1 saturated heterocycles. The van der Waals surface area contributed by atoms with Gasteiger partial charge in [0, 0.05) is 0 Å². The fourth-order valence-corrected chi connectivity index (χ4v) is 47.3. The van der Waals surface area contributed by atoms with E-state index in [1.807, 2.05) is 0 Å². The zero-order chi connectivity index (χ0) is 33.9. The average molecular weight is 882 g/mol. The Morgan fingerprint density at radius 2 is 0.941 bits per heavy atom. The van der Waals surface area contributed by atoms with Crippen LogP contribution in [-0.2, 0) is 32.8 Å². The molecule has 3 heteroatoms. The van der Waals surface area contributed by atoms with Crippen molar-refractivity contribution in [3.05, 3.63) is 129 Å². The maximum absolute atomic E-state index is 3.28. The molecule has 4 aromatic carbocycles. The summed E-state index contributed by atoms with van der Waals surface area (Å²) in [6.45, 7) is 14.6. The second-order valence-electron chi connectivity index (χ2n) is 16.5. The van der Waals surface area contributed by atoms with Crippen LogP contribution in [0.2, 0.25) is 7.35 Å². The van der Waals surface area contributed by atoms with Gasteiger partial charge in [-0.25, -0.2) is 0 Å². The number of halogens is 2. The molecule has 51 heavy (non-hydrogen) atoms. The number of benzene rings is 4.